The lowest BCUT2D eigenvalue weighted by molar-refractivity contribution is -0.0560. The van der Waals surface area contributed by atoms with Crippen LogP contribution in [0.4, 0.5) is 0 Å². The highest BCUT2D eigenvalue weighted by molar-refractivity contribution is 7.80. The van der Waals surface area contributed by atoms with Crippen molar-refractivity contribution in [3.05, 3.63) is 0 Å². The van der Waals surface area contributed by atoms with E-state index in [1.807, 2.05) is 0 Å². The van der Waals surface area contributed by atoms with Crippen molar-refractivity contribution in [2.75, 3.05) is 0 Å². The lowest BCUT2D eigenvalue weighted by atomic mass is 9.48. The standard InChI is InChI=1S/C15H25N3S/c1-10(17-18-14(16)19)2-3-15-7-11-4-12(8-15)6-13(5-11)9-15/h11-13H,2-9H2,1H3,(H3,16,18,19)/b17-10-. The second-order valence-corrected chi connectivity index (χ2v) is 7.68. The van der Waals surface area contributed by atoms with Crippen molar-refractivity contribution in [2.45, 2.75) is 58.3 Å². The van der Waals surface area contributed by atoms with Gasteiger partial charge >= 0.3 is 0 Å². The molecule has 0 radical (unpaired) electrons. The molecule has 0 aromatic rings. The summed E-state index contributed by atoms with van der Waals surface area (Å²) < 4.78 is 0. The van der Waals surface area contributed by atoms with Crippen LogP contribution in [0.3, 0.4) is 0 Å². The number of rotatable bonds is 4. The number of hydrogen-bond donors (Lipinski definition) is 2. The van der Waals surface area contributed by atoms with Crippen LogP contribution < -0.4 is 11.2 Å². The molecule has 3 nitrogen and oxygen atoms in total. The molecule has 0 saturated heterocycles. The summed E-state index contributed by atoms with van der Waals surface area (Å²) in [5, 5.41) is 4.50. The number of thiocarbonyl (C=S) groups is 1. The molecule has 4 fully saturated rings. The summed E-state index contributed by atoms with van der Waals surface area (Å²) in [7, 11) is 0. The Morgan fingerprint density at radius 2 is 1.74 bits per heavy atom. The van der Waals surface area contributed by atoms with E-state index in [0.29, 0.717) is 5.41 Å². The quantitative estimate of drug-likeness (QED) is 0.472. The molecule has 0 amide bonds. The molecule has 4 rings (SSSR count). The molecule has 4 heteroatoms. The molecule has 4 bridgehead atoms. The normalized spacial score (nSPS) is 40.5. The van der Waals surface area contributed by atoms with E-state index in [9.17, 15) is 0 Å². The predicted molar refractivity (Wildman–Crippen MR) is 82.9 cm³/mol. The van der Waals surface area contributed by atoms with Crippen molar-refractivity contribution < 1.29 is 0 Å². The van der Waals surface area contributed by atoms with E-state index in [1.165, 1.54) is 44.9 Å². The van der Waals surface area contributed by atoms with Gasteiger partial charge in [0.2, 0.25) is 0 Å². The van der Waals surface area contributed by atoms with Gasteiger partial charge in [0.25, 0.3) is 0 Å². The van der Waals surface area contributed by atoms with Crippen molar-refractivity contribution in [3.8, 4) is 0 Å². The van der Waals surface area contributed by atoms with Gasteiger partial charge in [-0.15, -0.1) is 0 Å². The summed E-state index contributed by atoms with van der Waals surface area (Å²) in [4.78, 5) is 0. The summed E-state index contributed by atoms with van der Waals surface area (Å²) in [6, 6.07) is 0. The molecular weight excluding hydrogens is 254 g/mol. The van der Waals surface area contributed by atoms with Crippen LogP contribution in [0.2, 0.25) is 0 Å². The monoisotopic (exact) mass is 279 g/mol. The minimum absolute atomic E-state index is 0.258. The van der Waals surface area contributed by atoms with Gasteiger partial charge in [-0.05, 0) is 93.7 Å². The maximum absolute atomic E-state index is 5.40. The largest absolute Gasteiger partial charge is 0.375 e. The number of nitrogens with one attached hydrogen (secondary N) is 1. The van der Waals surface area contributed by atoms with Crippen LogP contribution in [0.1, 0.15) is 58.3 Å². The van der Waals surface area contributed by atoms with E-state index in [1.54, 1.807) is 0 Å². The lowest BCUT2D eigenvalue weighted by Gasteiger charge is -2.57. The van der Waals surface area contributed by atoms with Crippen LogP contribution in [0.25, 0.3) is 0 Å². The Labute approximate surface area is 121 Å². The Bertz CT molecular complexity index is 367. The summed E-state index contributed by atoms with van der Waals surface area (Å²) in [5.41, 5.74) is 9.87. The van der Waals surface area contributed by atoms with Gasteiger partial charge in [-0.2, -0.15) is 5.10 Å². The molecule has 4 aliphatic rings. The van der Waals surface area contributed by atoms with E-state index in [-0.39, 0.29) is 5.11 Å². The molecule has 4 aliphatic carbocycles. The van der Waals surface area contributed by atoms with Crippen molar-refractivity contribution in [3.63, 3.8) is 0 Å². The van der Waals surface area contributed by atoms with Crippen LogP contribution >= 0.6 is 12.2 Å². The van der Waals surface area contributed by atoms with E-state index >= 15 is 0 Å². The lowest BCUT2D eigenvalue weighted by Crippen LogP contribution is -2.46. The van der Waals surface area contributed by atoms with Crippen molar-refractivity contribution in [2.24, 2.45) is 34.0 Å². The van der Waals surface area contributed by atoms with E-state index in [0.717, 1.165) is 29.9 Å². The van der Waals surface area contributed by atoms with Gasteiger partial charge < -0.3 is 5.73 Å². The van der Waals surface area contributed by atoms with Crippen LogP contribution in [0.15, 0.2) is 5.10 Å². The van der Waals surface area contributed by atoms with E-state index in [4.69, 9.17) is 18.0 Å². The number of hydrazone groups is 1. The molecule has 3 N–H and O–H groups in total. The van der Waals surface area contributed by atoms with Gasteiger partial charge in [0, 0.05) is 5.71 Å². The van der Waals surface area contributed by atoms with E-state index in [2.05, 4.69) is 17.5 Å². The van der Waals surface area contributed by atoms with Gasteiger partial charge in [0.1, 0.15) is 0 Å². The molecule has 0 aromatic carbocycles. The van der Waals surface area contributed by atoms with Crippen LogP contribution in [0.5, 0.6) is 0 Å². The molecule has 0 unspecified atom stereocenters. The summed E-state index contributed by atoms with van der Waals surface area (Å²) in [5.74, 6) is 3.12. The smallest absolute Gasteiger partial charge is 0.184 e. The second-order valence-electron chi connectivity index (χ2n) is 7.24. The molecular formula is C15H25N3S. The average molecular weight is 279 g/mol. The molecule has 0 atom stereocenters. The highest BCUT2D eigenvalue weighted by atomic mass is 32.1. The van der Waals surface area contributed by atoms with Gasteiger partial charge in [-0.25, -0.2) is 0 Å². The summed E-state index contributed by atoms with van der Waals surface area (Å²) in [6.07, 6.45) is 11.4. The first-order chi connectivity index (χ1) is 9.05. The third-order valence-corrected chi connectivity index (χ3v) is 5.63. The van der Waals surface area contributed by atoms with Crippen LogP contribution in [0, 0.1) is 23.2 Å². The van der Waals surface area contributed by atoms with Crippen molar-refractivity contribution in [1.29, 1.82) is 0 Å². The highest BCUT2D eigenvalue weighted by Crippen LogP contribution is 2.61. The fourth-order valence-electron chi connectivity index (χ4n) is 5.25. The third kappa shape index (κ3) is 2.93. The number of nitrogens with zero attached hydrogens (tertiary/aromatic N) is 1. The maximum atomic E-state index is 5.40. The third-order valence-electron chi connectivity index (χ3n) is 5.54. The maximum Gasteiger partial charge on any atom is 0.184 e. The molecule has 106 valence electrons. The molecule has 0 aromatic heterocycles. The van der Waals surface area contributed by atoms with Crippen LogP contribution in [-0.4, -0.2) is 10.8 Å². The minimum Gasteiger partial charge on any atom is -0.375 e. The Kier molecular flexibility index (Phi) is 3.54. The Morgan fingerprint density at radius 1 is 1.21 bits per heavy atom. The fourth-order valence-corrected chi connectivity index (χ4v) is 5.29. The SMILES string of the molecule is C/C(CCC12CC3CC(CC(C3)C1)C2)=N/NC(N)=S. The molecule has 19 heavy (non-hydrogen) atoms. The highest BCUT2D eigenvalue weighted by Gasteiger charge is 2.50. The van der Waals surface area contributed by atoms with Gasteiger partial charge in [0.15, 0.2) is 5.11 Å². The number of hydrogen-bond acceptors (Lipinski definition) is 2. The topological polar surface area (TPSA) is 50.4 Å². The molecule has 0 aliphatic heterocycles. The first kappa shape index (κ1) is 13.3. The van der Waals surface area contributed by atoms with Crippen molar-refractivity contribution in [1.82, 2.24) is 5.43 Å². The Morgan fingerprint density at radius 3 is 2.21 bits per heavy atom. The predicted octanol–water partition coefficient (Wildman–Crippen LogP) is 3.19. The van der Waals surface area contributed by atoms with E-state index < -0.39 is 0 Å². The zero-order valence-electron chi connectivity index (χ0n) is 11.8. The molecule has 0 spiro atoms. The summed E-state index contributed by atoms with van der Waals surface area (Å²) in [6.45, 7) is 2.08. The average Bonchev–Trinajstić information content (AvgIpc) is 2.32. The first-order valence-corrected chi connectivity index (χ1v) is 8.04. The van der Waals surface area contributed by atoms with Crippen LogP contribution in [-0.2, 0) is 0 Å². The molecule has 4 saturated carbocycles. The van der Waals surface area contributed by atoms with Crippen molar-refractivity contribution >= 4 is 23.0 Å². The Hall–Kier alpha value is -0.640. The zero-order chi connectivity index (χ0) is 13.5. The fraction of sp³-hybridized carbons (Fsp3) is 0.867. The second kappa shape index (κ2) is 5.04. The zero-order valence-corrected chi connectivity index (χ0v) is 12.6. The minimum atomic E-state index is 0.258. The first-order valence-electron chi connectivity index (χ1n) is 7.63. The Balaban J connectivity index is 1.58. The van der Waals surface area contributed by atoms with Gasteiger partial charge in [-0.3, -0.25) is 5.43 Å². The summed E-state index contributed by atoms with van der Waals surface area (Å²) >= 11 is 4.77. The number of nitrogens with two attached hydrogens (primary N) is 1. The molecule has 0 heterocycles. The van der Waals surface area contributed by atoms with Gasteiger partial charge in [-0.1, -0.05) is 0 Å². The van der Waals surface area contributed by atoms with Gasteiger partial charge in [0.05, 0.1) is 0 Å².